The van der Waals surface area contributed by atoms with Crippen LogP contribution in [0.4, 0.5) is 0 Å². The molecule has 18 heavy (non-hydrogen) atoms. The largest absolute Gasteiger partial charge is 0.493 e. The number of hydrogen-bond acceptors (Lipinski definition) is 5. The van der Waals surface area contributed by atoms with Crippen molar-refractivity contribution in [2.45, 2.75) is 13.2 Å². The van der Waals surface area contributed by atoms with Gasteiger partial charge < -0.3 is 15.2 Å². The van der Waals surface area contributed by atoms with Crippen LogP contribution in [0.5, 0.6) is 11.5 Å². The van der Waals surface area contributed by atoms with Crippen molar-refractivity contribution in [2.75, 3.05) is 7.11 Å². The predicted molar refractivity (Wildman–Crippen MR) is 66.2 cm³/mol. The highest BCUT2D eigenvalue weighted by atomic mass is 16.5. The fourth-order valence-electron chi connectivity index (χ4n) is 1.57. The van der Waals surface area contributed by atoms with Crippen molar-refractivity contribution in [1.82, 2.24) is 15.0 Å². The molecule has 1 aromatic carbocycles. The molecule has 96 valence electrons. The molecule has 2 aromatic rings. The van der Waals surface area contributed by atoms with Gasteiger partial charge in [-0.05, 0) is 17.7 Å². The second-order valence-electron chi connectivity index (χ2n) is 3.86. The third kappa shape index (κ3) is 2.78. The van der Waals surface area contributed by atoms with Crippen LogP contribution in [0.25, 0.3) is 0 Å². The van der Waals surface area contributed by atoms with Gasteiger partial charge in [-0.1, -0.05) is 11.3 Å². The van der Waals surface area contributed by atoms with Crippen LogP contribution in [-0.4, -0.2) is 22.1 Å². The van der Waals surface area contributed by atoms with Crippen LogP contribution in [0.3, 0.4) is 0 Å². The van der Waals surface area contributed by atoms with Gasteiger partial charge in [-0.15, -0.1) is 5.10 Å². The Morgan fingerprint density at radius 3 is 2.78 bits per heavy atom. The monoisotopic (exact) mass is 248 g/mol. The summed E-state index contributed by atoms with van der Waals surface area (Å²) >= 11 is 0. The van der Waals surface area contributed by atoms with E-state index in [1.54, 1.807) is 18.0 Å². The van der Waals surface area contributed by atoms with Gasteiger partial charge in [0, 0.05) is 13.6 Å². The summed E-state index contributed by atoms with van der Waals surface area (Å²) in [5, 5.41) is 7.79. The second kappa shape index (κ2) is 5.50. The molecule has 0 saturated heterocycles. The van der Waals surface area contributed by atoms with Crippen molar-refractivity contribution in [3.8, 4) is 11.5 Å². The maximum Gasteiger partial charge on any atom is 0.162 e. The Kier molecular flexibility index (Phi) is 3.78. The molecule has 0 fully saturated rings. The van der Waals surface area contributed by atoms with Crippen molar-refractivity contribution >= 4 is 0 Å². The number of rotatable bonds is 5. The van der Waals surface area contributed by atoms with Gasteiger partial charge in [0.2, 0.25) is 0 Å². The van der Waals surface area contributed by atoms with E-state index in [1.807, 2.05) is 25.2 Å². The topological polar surface area (TPSA) is 75.2 Å². The third-order valence-electron chi connectivity index (χ3n) is 2.49. The van der Waals surface area contributed by atoms with Crippen LogP contribution in [0.15, 0.2) is 24.4 Å². The maximum absolute atomic E-state index is 5.67. The molecule has 0 amide bonds. The third-order valence-corrected chi connectivity index (χ3v) is 2.49. The van der Waals surface area contributed by atoms with E-state index < -0.39 is 0 Å². The zero-order valence-corrected chi connectivity index (χ0v) is 10.5. The SMILES string of the molecule is COc1ccc(CN)cc1OCc1cn(C)nn1. The summed E-state index contributed by atoms with van der Waals surface area (Å²) in [7, 11) is 3.42. The molecule has 0 saturated carbocycles. The van der Waals surface area contributed by atoms with Gasteiger partial charge in [0.15, 0.2) is 11.5 Å². The zero-order chi connectivity index (χ0) is 13.0. The highest BCUT2D eigenvalue weighted by Crippen LogP contribution is 2.28. The number of ether oxygens (including phenoxy) is 2. The second-order valence-corrected chi connectivity index (χ2v) is 3.86. The molecule has 0 bridgehead atoms. The molecule has 0 spiro atoms. The lowest BCUT2D eigenvalue weighted by Crippen LogP contribution is -2.01. The van der Waals surface area contributed by atoms with Gasteiger partial charge in [-0.25, -0.2) is 0 Å². The first-order chi connectivity index (χ1) is 8.72. The van der Waals surface area contributed by atoms with Crippen LogP contribution >= 0.6 is 0 Å². The number of aromatic nitrogens is 3. The Hall–Kier alpha value is -2.08. The number of aryl methyl sites for hydroxylation is 1. The molecule has 0 atom stereocenters. The number of hydrogen-bond donors (Lipinski definition) is 1. The minimum atomic E-state index is 0.345. The van der Waals surface area contributed by atoms with Gasteiger partial charge in [0.1, 0.15) is 12.3 Å². The quantitative estimate of drug-likeness (QED) is 0.849. The molecule has 1 aromatic heterocycles. The molecule has 6 heteroatoms. The van der Waals surface area contributed by atoms with E-state index in [-0.39, 0.29) is 0 Å². The summed E-state index contributed by atoms with van der Waals surface area (Å²) in [6.45, 7) is 0.809. The fraction of sp³-hybridized carbons (Fsp3) is 0.333. The van der Waals surface area contributed by atoms with Crippen molar-refractivity contribution in [2.24, 2.45) is 12.8 Å². The lowest BCUT2D eigenvalue weighted by atomic mass is 10.2. The summed E-state index contributed by atoms with van der Waals surface area (Å²) in [4.78, 5) is 0. The number of benzene rings is 1. The van der Waals surface area contributed by atoms with Gasteiger partial charge in [-0.3, -0.25) is 4.68 Å². The molecule has 0 aliphatic carbocycles. The minimum absolute atomic E-state index is 0.345. The normalized spacial score (nSPS) is 10.4. The van der Waals surface area contributed by atoms with E-state index in [4.69, 9.17) is 15.2 Å². The molecule has 0 aliphatic rings. The van der Waals surface area contributed by atoms with Gasteiger partial charge in [0.05, 0.1) is 13.3 Å². The summed E-state index contributed by atoms with van der Waals surface area (Å²) in [5.74, 6) is 1.34. The van der Waals surface area contributed by atoms with Gasteiger partial charge in [-0.2, -0.15) is 0 Å². The van der Waals surface area contributed by atoms with Crippen LogP contribution < -0.4 is 15.2 Å². The molecule has 0 radical (unpaired) electrons. The molecule has 2 rings (SSSR count). The maximum atomic E-state index is 5.67. The number of methoxy groups -OCH3 is 1. The molecule has 1 heterocycles. The highest BCUT2D eigenvalue weighted by molar-refractivity contribution is 5.42. The van der Waals surface area contributed by atoms with E-state index >= 15 is 0 Å². The van der Waals surface area contributed by atoms with Crippen LogP contribution in [0.2, 0.25) is 0 Å². The average Bonchev–Trinajstić information content (AvgIpc) is 2.81. The summed E-state index contributed by atoms with van der Waals surface area (Å²) in [5.41, 5.74) is 7.35. The Balaban J connectivity index is 2.11. The van der Waals surface area contributed by atoms with Gasteiger partial charge in [0.25, 0.3) is 0 Å². The van der Waals surface area contributed by atoms with E-state index in [0.717, 1.165) is 11.3 Å². The van der Waals surface area contributed by atoms with E-state index in [0.29, 0.717) is 24.7 Å². The van der Waals surface area contributed by atoms with Crippen LogP contribution in [0, 0.1) is 0 Å². The molecule has 6 nitrogen and oxygen atoms in total. The minimum Gasteiger partial charge on any atom is -0.493 e. The molecule has 2 N–H and O–H groups in total. The molecular weight excluding hydrogens is 232 g/mol. The Bertz CT molecular complexity index is 525. The smallest absolute Gasteiger partial charge is 0.162 e. The van der Waals surface area contributed by atoms with E-state index in [2.05, 4.69) is 10.3 Å². The first-order valence-electron chi connectivity index (χ1n) is 5.58. The number of nitrogens with two attached hydrogens (primary N) is 1. The summed E-state index contributed by atoms with van der Waals surface area (Å²) < 4.78 is 12.5. The highest BCUT2D eigenvalue weighted by Gasteiger charge is 2.07. The molecule has 0 aliphatic heterocycles. The zero-order valence-electron chi connectivity index (χ0n) is 10.5. The molecule has 0 unspecified atom stereocenters. The lowest BCUT2D eigenvalue weighted by Gasteiger charge is -2.10. The first kappa shape index (κ1) is 12.4. The lowest BCUT2D eigenvalue weighted by molar-refractivity contribution is 0.280. The van der Waals surface area contributed by atoms with Crippen molar-refractivity contribution in [1.29, 1.82) is 0 Å². The van der Waals surface area contributed by atoms with Crippen molar-refractivity contribution in [3.05, 3.63) is 35.7 Å². The first-order valence-corrected chi connectivity index (χ1v) is 5.58. The average molecular weight is 248 g/mol. The Morgan fingerprint density at radius 1 is 1.33 bits per heavy atom. The molecular formula is C12H16N4O2. The van der Waals surface area contributed by atoms with Crippen molar-refractivity contribution in [3.63, 3.8) is 0 Å². The predicted octanol–water partition coefficient (Wildman–Crippen LogP) is 0.861. The van der Waals surface area contributed by atoms with Crippen LogP contribution in [0.1, 0.15) is 11.3 Å². The van der Waals surface area contributed by atoms with E-state index in [1.165, 1.54) is 0 Å². The fourth-order valence-corrected chi connectivity index (χ4v) is 1.57. The van der Waals surface area contributed by atoms with Crippen molar-refractivity contribution < 1.29 is 9.47 Å². The summed E-state index contributed by atoms with van der Waals surface area (Å²) in [6, 6.07) is 5.62. The van der Waals surface area contributed by atoms with E-state index in [9.17, 15) is 0 Å². The standard InChI is InChI=1S/C12H16N4O2/c1-16-7-10(14-15-16)8-18-12-5-9(6-13)3-4-11(12)17-2/h3-5,7H,6,8,13H2,1-2H3. The summed E-state index contributed by atoms with van der Waals surface area (Å²) in [6.07, 6.45) is 1.80. The van der Waals surface area contributed by atoms with Crippen LogP contribution in [-0.2, 0) is 20.2 Å². The Morgan fingerprint density at radius 2 is 2.17 bits per heavy atom. The Labute approximate surface area is 105 Å². The van der Waals surface area contributed by atoms with Gasteiger partial charge >= 0.3 is 0 Å². The number of nitrogens with zero attached hydrogens (tertiary/aromatic N) is 3.